The van der Waals surface area contributed by atoms with E-state index in [0.717, 1.165) is 11.3 Å². The highest BCUT2D eigenvalue weighted by Crippen LogP contribution is 2.36. The van der Waals surface area contributed by atoms with Gasteiger partial charge in [0.25, 0.3) is 0 Å². The van der Waals surface area contributed by atoms with Crippen molar-refractivity contribution in [3.63, 3.8) is 0 Å². The summed E-state index contributed by atoms with van der Waals surface area (Å²) in [5.74, 6) is 1.44. The number of carbonyl (C=O) groups excluding carboxylic acids is 1. The third kappa shape index (κ3) is 4.32. The first-order valence-corrected chi connectivity index (χ1v) is 8.96. The highest BCUT2D eigenvalue weighted by molar-refractivity contribution is 5.96. The van der Waals surface area contributed by atoms with E-state index in [4.69, 9.17) is 20.5 Å². The van der Waals surface area contributed by atoms with Crippen LogP contribution in [0, 0.1) is 11.3 Å². The maximum atomic E-state index is 12.5. The van der Waals surface area contributed by atoms with Gasteiger partial charge < -0.3 is 20.1 Å². The molecule has 0 saturated carbocycles. The van der Waals surface area contributed by atoms with Gasteiger partial charge in [0.05, 0.1) is 19.8 Å². The number of anilines is 2. The molecule has 0 bridgehead atoms. The summed E-state index contributed by atoms with van der Waals surface area (Å²) in [4.78, 5) is 14.3. The third-order valence-corrected chi connectivity index (χ3v) is 4.66. The fourth-order valence-electron chi connectivity index (χ4n) is 3.27. The van der Waals surface area contributed by atoms with Crippen molar-refractivity contribution in [1.82, 2.24) is 0 Å². The van der Waals surface area contributed by atoms with Gasteiger partial charge in [-0.3, -0.25) is 4.79 Å². The first kappa shape index (κ1) is 18.6. The fraction of sp³-hybridized carbons (Fsp3) is 0.333. The van der Waals surface area contributed by atoms with Crippen molar-refractivity contribution in [1.29, 1.82) is 5.26 Å². The zero-order valence-electron chi connectivity index (χ0n) is 15.4. The SMILES string of the molecule is COc1ccc([C@H]2CC(=O)N(c3cccc(N)c3)C2)cc1OCCCC#N. The molecule has 1 atom stereocenters. The van der Waals surface area contributed by atoms with Gasteiger partial charge in [-0.2, -0.15) is 5.26 Å². The van der Waals surface area contributed by atoms with Crippen LogP contribution in [0.5, 0.6) is 11.5 Å². The molecule has 2 aromatic rings. The largest absolute Gasteiger partial charge is 0.493 e. The summed E-state index contributed by atoms with van der Waals surface area (Å²) < 4.78 is 11.2. The van der Waals surface area contributed by atoms with Crippen molar-refractivity contribution in [3.8, 4) is 17.6 Å². The first-order valence-electron chi connectivity index (χ1n) is 8.96. The van der Waals surface area contributed by atoms with Crippen LogP contribution in [0.2, 0.25) is 0 Å². The summed E-state index contributed by atoms with van der Waals surface area (Å²) in [7, 11) is 1.60. The number of hydrogen-bond donors (Lipinski definition) is 1. The molecule has 0 spiro atoms. The average Bonchev–Trinajstić information content (AvgIpc) is 3.07. The van der Waals surface area contributed by atoms with Crippen molar-refractivity contribution in [2.45, 2.75) is 25.2 Å². The number of carbonyl (C=O) groups is 1. The second kappa shape index (κ2) is 8.45. The Labute approximate surface area is 159 Å². The van der Waals surface area contributed by atoms with Crippen LogP contribution in [-0.4, -0.2) is 26.2 Å². The summed E-state index contributed by atoms with van der Waals surface area (Å²) in [5, 5.41) is 8.64. The van der Waals surface area contributed by atoms with Gasteiger partial charge in [0.2, 0.25) is 5.91 Å². The lowest BCUT2D eigenvalue weighted by Crippen LogP contribution is -2.24. The van der Waals surface area contributed by atoms with Crippen molar-refractivity contribution >= 4 is 17.3 Å². The maximum Gasteiger partial charge on any atom is 0.227 e. The van der Waals surface area contributed by atoms with E-state index in [-0.39, 0.29) is 11.8 Å². The summed E-state index contributed by atoms with van der Waals surface area (Å²) in [5.41, 5.74) is 8.35. The minimum absolute atomic E-state index is 0.0753. The van der Waals surface area contributed by atoms with Gasteiger partial charge in [-0.1, -0.05) is 12.1 Å². The maximum absolute atomic E-state index is 12.5. The number of nitrogens with two attached hydrogens (primary N) is 1. The molecule has 1 heterocycles. The lowest BCUT2D eigenvalue weighted by molar-refractivity contribution is -0.117. The van der Waals surface area contributed by atoms with Crippen LogP contribution in [0.4, 0.5) is 11.4 Å². The molecule has 2 aromatic carbocycles. The molecule has 6 nitrogen and oxygen atoms in total. The number of methoxy groups -OCH3 is 1. The predicted molar refractivity (Wildman–Crippen MR) is 104 cm³/mol. The molecule has 1 aliphatic heterocycles. The molecular weight excluding hydrogens is 342 g/mol. The molecule has 0 radical (unpaired) electrons. The first-order chi connectivity index (χ1) is 13.1. The van der Waals surface area contributed by atoms with Crippen LogP contribution in [0.15, 0.2) is 42.5 Å². The zero-order chi connectivity index (χ0) is 19.2. The number of nitriles is 1. The fourth-order valence-corrected chi connectivity index (χ4v) is 3.27. The number of benzene rings is 2. The van der Waals surface area contributed by atoms with E-state index in [1.165, 1.54) is 0 Å². The summed E-state index contributed by atoms with van der Waals surface area (Å²) in [6.07, 6.45) is 1.55. The van der Waals surface area contributed by atoms with Crippen LogP contribution in [0.25, 0.3) is 0 Å². The molecule has 1 aliphatic rings. The minimum atomic E-state index is 0.0753. The Hall–Kier alpha value is -3.20. The molecule has 140 valence electrons. The van der Waals surface area contributed by atoms with E-state index in [1.54, 1.807) is 18.1 Å². The Morgan fingerprint density at radius 3 is 2.85 bits per heavy atom. The van der Waals surface area contributed by atoms with Crippen molar-refractivity contribution < 1.29 is 14.3 Å². The molecule has 0 aromatic heterocycles. The Kier molecular flexibility index (Phi) is 5.82. The number of hydrogen-bond acceptors (Lipinski definition) is 5. The van der Waals surface area contributed by atoms with Gasteiger partial charge in [0, 0.05) is 36.7 Å². The Balaban J connectivity index is 1.76. The molecule has 6 heteroatoms. The van der Waals surface area contributed by atoms with Crippen LogP contribution < -0.4 is 20.1 Å². The molecule has 27 heavy (non-hydrogen) atoms. The smallest absolute Gasteiger partial charge is 0.227 e. The lowest BCUT2D eigenvalue weighted by atomic mass is 9.98. The van der Waals surface area contributed by atoms with E-state index in [9.17, 15) is 4.79 Å². The normalized spacial score (nSPS) is 16.2. The zero-order valence-corrected chi connectivity index (χ0v) is 15.4. The van der Waals surface area contributed by atoms with E-state index >= 15 is 0 Å². The molecule has 1 saturated heterocycles. The van der Waals surface area contributed by atoms with Gasteiger partial charge in [-0.15, -0.1) is 0 Å². The van der Waals surface area contributed by atoms with Crippen LogP contribution in [-0.2, 0) is 4.79 Å². The standard InChI is InChI=1S/C21H23N3O3/c1-26-19-8-7-15(11-20(19)27-10-3-2-9-22)16-12-21(25)24(14-16)18-6-4-5-17(23)13-18/h4-8,11,13,16H,2-3,10,12,14,23H2,1H3/t16-/m0/s1. The van der Waals surface area contributed by atoms with E-state index in [1.807, 2.05) is 36.4 Å². The number of unbranched alkanes of at least 4 members (excludes halogenated alkanes) is 1. The number of ether oxygens (including phenoxy) is 2. The summed E-state index contributed by atoms with van der Waals surface area (Å²) >= 11 is 0. The van der Waals surface area contributed by atoms with E-state index in [2.05, 4.69) is 6.07 Å². The van der Waals surface area contributed by atoms with Crippen molar-refractivity contribution in [3.05, 3.63) is 48.0 Å². The molecular formula is C21H23N3O3. The average molecular weight is 365 g/mol. The Morgan fingerprint density at radius 2 is 2.11 bits per heavy atom. The second-order valence-corrected chi connectivity index (χ2v) is 6.52. The molecule has 2 N–H and O–H groups in total. The quantitative estimate of drug-likeness (QED) is 0.599. The molecule has 3 rings (SSSR count). The number of nitrogens with zero attached hydrogens (tertiary/aromatic N) is 2. The predicted octanol–water partition coefficient (Wildman–Crippen LogP) is 3.48. The Bertz CT molecular complexity index is 860. The molecule has 1 amide bonds. The second-order valence-electron chi connectivity index (χ2n) is 6.52. The lowest BCUT2D eigenvalue weighted by Gasteiger charge is -2.18. The molecule has 0 aliphatic carbocycles. The minimum Gasteiger partial charge on any atom is -0.493 e. The van der Waals surface area contributed by atoms with Gasteiger partial charge >= 0.3 is 0 Å². The van der Waals surface area contributed by atoms with Crippen LogP contribution >= 0.6 is 0 Å². The molecule has 1 fully saturated rings. The number of rotatable bonds is 7. The van der Waals surface area contributed by atoms with Crippen LogP contribution in [0.1, 0.15) is 30.7 Å². The van der Waals surface area contributed by atoms with Gasteiger partial charge in [0.15, 0.2) is 11.5 Å². The summed E-state index contributed by atoms with van der Waals surface area (Å²) in [6, 6.07) is 15.3. The highest BCUT2D eigenvalue weighted by Gasteiger charge is 2.32. The third-order valence-electron chi connectivity index (χ3n) is 4.66. The van der Waals surface area contributed by atoms with Gasteiger partial charge in [0.1, 0.15) is 0 Å². The molecule has 0 unspecified atom stereocenters. The summed E-state index contributed by atoms with van der Waals surface area (Å²) in [6.45, 7) is 1.05. The topological polar surface area (TPSA) is 88.6 Å². The van der Waals surface area contributed by atoms with Gasteiger partial charge in [-0.05, 0) is 42.3 Å². The number of nitrogen functional groups attached to an aromatic ring is 1. The Morgan fingerprint density at radius 1 is 1.26 bits per heavy atom. The van der Waals surface area contributed by atoms with Crippen molar-refractivity contribution in [2.75, 3.05) is 30.9 Å². The van der Waals surface area contributed by atoms with E-state index in [0.29, 0.717) is 49.6 Å². The van der Waals surface area contributed by atoms with Crippen molar-refractivity contribution in [2.24, 2.45) is 0 Å². The monoisotopic (exact) mass is 365 g/mol. The van der Waals surface area contributed by atoms with Crippen LogP contribution in [0.3, 0.4) is 0 Å². The highest BCUT2D eigenvalue weighted by atomic mass is 16.5. The van der Waals surface area contributed by atoms with Gasteiger partial charge in [-0.25, -0.2) is 0 Å². The number of amides is 1. The van der Waals surface area contributed by atoms with E-state index < -0.39 is 0 Å².